The summed E-state index contributed by atoms with van der Waals surface area (Å²) in [6.45, 7) is 6.17. The molecule has 1 fully saturated rings. The summed E-state index contributed by atoms with van der Waals surface area (Å²) >= 11 is 0. The Hall–Kier alpha value is -1.85. The van der Waals surface area contributed by atoms with Crippen molar-refractivity contribution in [3.05, 3.63) is 6.20 Å². The molecule has 21 heavy (non-hydrogen) atoms. The summed E-state index contributed by atoms with van der Waals surface area (Å²) in [6.07, 6.45) is 8.42. The zero-order valence-corrected chi connectivity index (χ0v) is 12.9. The summed E-state index contributed by atoms with van der Waals surface area (Å²) in [6, 6.07) is 0. The van der Waals surface area contributed by atoms with Gasteiger partial charge < -0.3 is 10.6 Å². The topological polar surface area (TPSA) is 78.5 Å². The van der Waals surface area contributed by atoms with Gasteiger partial charge in [-0.3, -0.25) is 5.10 Å². The van der Waals surface area contributed by atoms with Gasteiger partial charge in [0.25, 0.3) is 0 Å². The van der Waals surface area contributed by atoms with Crippen LogP contribution in [0.25, 0.3) is 11.0 Å². The van der Waals surface area contributed by atoms with E-state index in [0.717, 1.165) is 29.9 Å². The van der Waals surface area contributed by atoms with E-state index in [9.17, 15) is 0 Å². The van der Waals surface area contributed by atoms with Crippen LogP contribution in [-0.2, 0) is 0 Å². The minimum atomic E-state index is 0.373. The molecule has 0 amide bonds. The average Bonchev–Trinajstić information content (AvgIpc) is 2.94. The van der Waals surface area contributed by atoms with E-state index in [4.69, 9.17) is 0 Å². The maximum absolute atomic E-state index is 4.59. The van der Waals surface area contributed by atoms with E-state index >= 15 is 0 Å². The first-order chi connectivity index (χ1) is 10.2. The summed E-state index contributed by atoms with van der Waals surface area (Å²) in [5.41, 5.74) is 1.15. The van der Waals surface area contributed by atoms with Gasteiger partial charge >= 0.3 is 0 Å². The number of hydrogen-bond acceptors (Lipinski definition) is 5. The number of anilines is 2. The van der Waals surface area contributed by atoms with E-state index in [1.807, 2.05) is 6.92 Å². The molecule has 3 rings (SSSR count). The van der Waals surface area contributed by atoms with Crippen LogP contribution in [0.1, 0.15) is 46.0 Å². The quantitative estimate of drug-likeness (QED) is 0.787. The predicted molar refractivity (Wildman–Crippen MR) is 85.5 cm³/mol. The molecule has 2 heterocycles. The van der Waals surface area contributed by atoms with Crippen molar-refractivity contribution in [1.82, 2.24) is 20.2 Å². The minimum absolute atomic E-state index is 0.373. The van der Waals surface area contributed by atoms with Crippen LogP contribution in [0.2, 0.25) is 0 Å². The molecule has 2 aromatic heterocycles. The van der Waals surface area contributed by atoms with Gasteiger partial charge in [-0.25, -0.2) is 0 Å². The Labute approximate surface area is 125 Å². The first kappa shape index (κ1) is 14.1. The Morgan fingerprint density at radius 3 is 2.76 bits per heavy atom. The molecule has 6 nitrogen and oxygen atoms in total. The fourth-order valence-corrected chi connectivity index (χ4v) is 3.09. The van der Waals surface area contributed by atoms with Gasteiger partial charge in [0.1, 0.15) is 5.82 Å². The molecular formula is C15H24N6. The molecule has 6 heteroatoms. The Morgan fingerprint density at radius 2 is 2.00 bits per heavy atom. The van der Waals surface area contributed by atoms with Gasteiger partial charge in [0.15, 0.2) is 5.65 Å². The lowest BCUT2D eigenvalue weighted by atomic mass is 9.76. The first-order valence-corrected chi connectivity index (χ1v) is 7.89. The highest BCUT2D eigenvalue weighted by molar-refractivity contribution is 5.86. The van der Waals surface area contributed by atoms with Crippen molar-refractivity contribution in [2.24, 2.45) is 5.41 Å². The first-order valence-electron chi connectivity index (χ1n) is 7.89. The SMILES string of the molecule is CCNc1nc(NCC2(C)CCCCC2)c2cn[nH]c2n1. The van der Waals surface area contributed by atoms with Crippen LogP contribution in [0.5, 0.6) is 0 Å². The second-order valence-electron chi connectivity index (χ2n) is 6.28. The number of fused-ring (bicyclic) bond motifs is 1. The monoisotopic (exact) mass is 288 g/mol. The molecule has 0 unspecified atom stereocenters. The second kappa shape index (κ2) is 5.87. The highest BCUT2D eigenvalue weighted by Gasteiger charge is 2.26. The standard InChI is InChI=1S/C15H24N6/c1-3-16-14-19-12(11-9-18-21-13(11)20-14)17-10-15(2)7-5-4-6-8-15/h9H,3-8,10H2,1-2H3,(H3,16,17,18,19,20,21). The maximum Gasteiger partial charge on any atom is 0.226 e. The minimum Gasteiger partial charge on any atom is -0.369 e. The third-order valence-corrected chi connectivity index (χ3v) is 4.39. The van der Waals surface area contributed by atoms with Gasteiger partial charge in [0.2, 0.25) is 5.95 Å². The summed E-state index contributed by atoms with van der Waals surface area (Å²) < 4.78 is 0. The zero-order valence-electron chi connectivity index (χ0n) is 12.9. The summed E-state index contributed by atoms with van der Waals surface area (Å²) in [7, 11) is 0. The number of aromatic amines is 1. The Balaban J connectivity index is 1.80. The van der Waals surface area contributed by atoms with E-state index < -0.39 is 0 Å². The van der Waals surface area contributed by atoms with Crippen LogP contribution in [-0.4, -0.2) is 33.3 Å². The smallest absolute Gasteiger partial charge is 0.226 e. The van der Waals surface area contributed by atoms with E-state index in [-0.39, 0.29) is 0 Å². The van der Waals surface area contributed by atoms with Crippen LogP contribution in [0.15, 0.2) is 6.20 Å². The predicted octanol–water partition coefficient (Wildman–Crippen LogP) is 3.17. The van der Waals surface area contributed by atoms with E-state index in [1.165, 1.54) is 32.1 Å². The van der Waals surface area contributed by atoms with Crippen molar-refractivity contribution >= 4 is 22.8 Å². The molecule has 0 bridgehead atoms. The van der Waals surface area contributed by atoms with E-state index in [2.05, 4.69) is 37.7 Å². The van der Waals surface area contributed by atoms with E-state index in [1.54, 1.807) is 6.20 Å². The molecule has 0 radical (unpaired) electrons. The summed E-state index contributed by atoms with van der Waals surface area (Å²) in [5.74, 6) is 1.52. The molecule has 0 aliphatic heterocycles. The molecule has 0 saturated heterocycles. The van der Waals surface area contributed by atoms with Gasteiger partial charge in [-0.1, -0.05) is 26.2 Å². The number of H-pyrrole nitrogens is 1. The van der Waals surface area contributed by atoms with Crippen LogP contribution in [0, 0.1) is 5.41 Å². The highest BCUT2D eigenvalue weighted by atomic mass is 15.2. The molecular weight excluding hydrogens is 264 g/mol. The summed E-state index contributed by atoms with van der Waals surface area (Å²) in [4.78, 5) is 9.00. The van der Waals surface area contributed by atoms with Gasteiger partial charge in [-0.05, 0) is 25.2 Å². The molecule has 1 aliphatic carbocycles. The molecule has 114 valence electrons. The fraction of sp³-hybridized carbons (Fsp3) is 0.667. The number of hydrogen-bond donors (Lipinski definition) is 3. The lowest BCUT2D eigenvalue weighted by molar-refractivity contribution is 0.233. The van der Waals surface area contributed by atoms with Gasteiger partial charge in [-0.15, -0.1) is 0 Å². The van der Waals surface area contributed by atoms with Gasteiger partial charge in [0, 0.05) is 13.1 Å². The van der Waals surface area contributed by atoms with Crippen LogP contribution < -0.4 is 10.6 Å². The fourth-order valence-electron chi connectivity index (χ4n) is 3.09. The van der Waals surface area contributed by atoms with Crippen molar-refractivity contribution in [2.45, 2.75) is 46.0 Å². The molecule has 1 saturated carbocycles. The van der Waals surface area contributed by atoms with Crippen molar-refractivity contribution in [2.75, 3.05) is 23.7 Å². The molecule has 2 aromatic rings. The molecule has 0 atom stereocenters. The number of rotatable bonds is 5. The van der Waals surface area contributed by atoms with Gasteiger partial charge in [0.05, 0.1) is 11.6 Å². The van der Waals surface area contributed by atoms with Crippen LogP contribution in [0.4, 0.5) is 11.8 Å². The van der Waals surface area contributed by atoms with Crippen molar-refractivity contribution in [3.8, 4) is 0 Å². The summed E-state index contributed by atoms with van der Waals surface area (Å²) in [5, 5.41) is 14.7. The van der Waals surface area contributed by atoms with Gasteiger partial charge in [-0.2, -0.15) is 15.1 Å². The largest absolute Gasteiger partial charge is 0.369 e. The van der Waals surface area contributed by atoms with E-state index in [0.29, 0.717) is 11.4 Å². The Morgan fingerprint density at radius 1 is 1.19 bits per heavy atom. The van der Waals surface area contributed by atoms with Crippen LogP contribution >= 0.6 is 0 Å². The Bertz CT molecular complexity index is 599. The number of nitrogens with zero attached hydrogens (tertiary/aromatic N) is 3. The molecule has 1 aliphatic rings. The third kappa shape index (κ3) is 3.09. The Kier molecular flexibility index (Phi) is 3.94. The van der Waals surface area contributed by atoms with Crippen LogP contribution in [0.3, 0.4) is 0 Å². The normalized spacial score (nSPS) is 17.8. The lowest BCUT2D eigenvalue weighted by Crippen LogP contribution is -2.29. The van der Waals surface area contributed by atoms with Crippen molar-refractivity contribution < 1.29 is 0 Å². The second-order valence-corrected chi connectivity index (χ2v) is 6.28. The molecule has 0 aromatic carbocycles. The molecule has 3 N–H and O–H groups in total. The zero-order chi connectivity index (χ0) is 14.7. The highest BCUT2D eigenvalue weighted by Crippen LogP contribution is 2.36. The molecule has 0 spiro atoms. The maximum atomic E-state index is 4.59. The van der Waals surface area contributed by atoms with Crippen molar-refractivity contribution in [3.63, 3.8) is 0 Å². The van der Waals surface area contributed by atoms with Crippen molar-refractivity contribution in [1.29, 1.82) is 0 Å². The average molecular weight is 288 g/mol. The number of nitrogens with one attached hydrogen (secondary N) is 3. The lowest BCUT2D eigenvalue weighted by Gasteiger charge is -2.33. The third-order valence-electron chi connectivity index (χ3n) is 4.39. The number of aromatic nitrogens is 4.